The molecule has 2 rings (SSSR count). The van der Waals surface area contributed by atoms with Crippen molar-refractivity contribution >= 4 is 5.97 Å². The van der Waals surface area contributed by atoms with Gasteiger partial charge in [0.25, 0.3) is 0 Å². The van der Waals surface area contributed by atoms with Crippen molar-refractivity contribution in [3.05, 3.63) is 35.4 Å². The highest BCUT2D eigenvalue weighted by Gasteiger charge is 2.20. The number of hydrogen-bond acceptors (Lipinski definition) is 5. The van der Waals surface area contributed by atoms with Crippen LogP contribution in [0.5, 0.6) is 0 Å². The van der Waals surface area contributed by atoms with E-state index >= 15 is 0 Å². The SMILES string of the molecule is CCOC(=O)c1c(-c2cnn(C)c2)cc(C)nc1CN. The Morgan fingerprint density at radius 2 is 2.25 bits per heavy atom. The summed E-state index contributed by atoms with van der Waals surface area (Å²) < 4.78 is 6.80. The van der Waals surface area contributed by atoms with Gasteiger partial charge in [-0.1, -0.05) is 0 Å². The number of carbonyl (C=O) groups excluding carboxylic acids is 1. The van der Waals surface area contributed by atoms with Crippen LogP contribution in [-0.4, -0.2) is 27.3 Å². The molecule has 20 heavy (non-hydrogen) atoms. The Morgan fingerprint density at radius 3 is 2.80 bits per heavy atom. The van der Waals surface area contributed by atoms with Gasteiger partial charge in [0, 0.05) is 36.6 Å². The second-order valence-corrected chi connectivity index (χ2v) is 4.46. The molecule has 2 N–H and O–H groups in total. The van der Waals surface area contributed by atoms with E-state index in [0.717, 1.165) is 16.8 Å². The normalized spacial score (nSPS) is 10.6. The Labute approximate surface area is 117 Å². The van der Waals surface area contributed by atoms with Crippen LogP contribution in [0.3, 0.4) is 0 Å². The highest BCUT2D eigenvalue weighted by atomic mass is 16.5. The van der Waals surface area contributed by atoms with Crippen LogP contribution in [0.25, 0.3) is 11.1 Å². The molecule has 0 aliphatic heterocycles. The molecule has 2 aromatic rings. The van der Waals surface area contributed by atoms with Crippen molar-refractivity contribution in [1.29, 1.82) is 0 Å². The van der Waals surface area contributed by atoms with Crippen molar-refractivity contribution in [1.82, 2.24) is 14.8 Å². The summed E-state index contributed by atoms with van der Waals surface area (Å²) in [4.78, 5) is 16.5. The molecule has 0 aliphatic carbocycles. The van der Waals surface area contributed by atoms with Gasteiger partial charge in [-0.05, 0) is 19.9 Å². The Hall–Kier alpha value is -2.21. The summed E-state index contributed by atoms with van der Waals surface area (Å²) in [6.07, 6.45) is 3.55. The van der Waals surface area contributed by atoms with Crippen molar-refractivity contribution in [2.45, 2.75) is 20.4 Å². The molecule has 0 saturated heterocycles. The van der Waals surface area contributed by atoms with E-state index in [0.29, 0.717) is 17.9 Å². The van der Waals surface area contributed by atoms with Gasteiger partial charge in [0.1, 0.15) is 0 Å². The van der Waals surface area contributed by atoms with Crippen LogP contribution in [0.2, 0.25) is 0 Å². The van der Waals surface area contributed by atoms with Crippen LogP contribution in [0.4, 0.5) is 0 Å². The second kappa shape index (κ2) is 5.83. The molecular weight excluding hydrogens is 256 g/mol. The maximum Gasteiger partial charge on any atom is 0.340 e. The summed E-state index contributed by atoms with van der Waals surface area (Å²) in [6, 6.07) is 1.85. The molecule has 0 aromatic carbocycles. The molecule has 6 heteroatoms. The van der Waals surface area contributed by atoms with Crippen LogP contribution in [-0.2, 0) is 18.3 Å². The molecule has 0 saturated carbocycles. The molecule has 2 aromatic heterocycles. The molecule has 2 heterocycles. The lowest BCUT2D eigenvalue weighted by Gasteiger charge is -2.12. The predicted octanol–water partition coefficient (Wildman–Crippen LogP) is 1.43. The monoisotopic (exact) mass is 274 g/mol. The molecule has 106 valence electrons. The summed E-state index contributed by atoms with van der Waals surface area (Å²) in [7, 11) is 1.82. The Kier molecular flexibility index (Phi) is 4.14. The molecular formula is C14H18N4O2. The first kappa shape index (κ1) is 14.2. The predicted molar refractivity (Wildman–Crippen MR) is 75.0 cm³/mol. The third-order valence-corrected chi connectivity index (χ3v) is 2.91. The number of aromatic nitrogens is 3. The number of ether oxygens (including phenoxy) is 1. The fourth-order valence-electron chi connectivity index (χ4n) is 2.10. The zero-order chi connectivity index (χ0) is 14.7. The van der Waals surface area contributed by atoms with Crippen LogP contribution >= 0.6 is 0 Å². The smallest absolute Gasteiger partial charge is 0.340 e. The third-order valence-electron chi connectivity index (χ3n) is 2.91. The van der Waals surface area contributed by atoms with Gasteiger partial charge in [0.2, 0.25) is 0 Å². The number of rotatable bonds is 4. The van der Waals surface area contributed by atoms with Gasteiger partial charge in [-0.3, -0.25) is 9.67 Å². The Morgan fingerprint density at radius 1 is 1.50 bits per heavy atom. The zero-order valence-electron chi connectivity index (χ0n) is 11.9. The zero-order valence-corrected chi connectivity index (χ0v) is 11.9. The first-order chi connectivity index (χ1) is 9.56. The summed E-state index contributed by atoms with van der Waals surface area (Å²) >= 11 is 0. The van der Waals surface area contributed by atoms with Gasteiger partial charge in [-0.2, -0.15) is 5.10 Å². The van der Waals surface area contributed by atoms with E-state index in [1.807, 2.05) is 26.2 Å². The molecule has 0 atom stereocenters. The van der Waals surface area contributed by atoms with E-state index in [4.69, 9.17) is 10.5 Å². The van der Waals surface area contributed by atoms with E-state index < -0.39 is 5.97 Å². The lowest BCUT2D eigenvalue weighted by Crippen LogP contribution is -2.15. The van der Waals surface area contributed by atoms with Gasteiger partial charge in [0.15, 0.2) is 0 Å². The largest absolute Gasteiger partial charge is 0.462 e. The van der Waals surface area contributed by atoms with Crippen LogP contribution in [0.1, 0.15) is 28.7 Å². The van der Waals surface area contributed by atoms with Gasteiger partial charge in [-0.15, -0.1) is 0 Å². The minimum Gasteiger partial charge on any atom is -0.462 e. The minimum absolute atomic E-state index is 0.184. The molecule has 0 aliphatic rings. The fourth-order valence-corrected chi connectivity index (χ4v) is 2.10. The lowest BCUT2D eigenvalue weighted by atomic mass is 10.00. The highest BCUT2D eigenvalue weighted by molar-refractivity contribution is 5.98. The van der Waals surface area contributed by atoms with Crippen molar-refractivity contribution in [2.75, 3.05) is 6.61 Å². The van der Waals surface area contributed by atoms with Crippen molar-refractivity contribution in [3.8, 4) is 11.1 Å². The minimum atomic E-state index is -0.403. The molecule has 0 spiro atoms. The van der Waals surface area contributed by atoms with E-state index in [2.05, 4.69) is 10.1 Å². The maximum absolute atomic E-state index is 12.2. The molecule has 6 nitrogen and oxygen atoms in total. The summed E-state index contributed by atoms with van der Waals surface area (Å²) in [5.74, 6) is -0.403. The second-order valence-electron chi connectivity index (χ2n) is 4.46. The van der Waals surface area contributed by atoms with Gasteiger partial charge >= 0.3 is 5.97 Å². The van der Waals surface area contributed by atoms with Gasteiger partial charge < -0.3 is 10.5 Å². The van der Waals surface area contributed by atoms with Gasteiger partial charge in [-0.25, -0.2) is 4.79 Å². The first-order valence-corrected chi connectivity index (χ1v) is 6.43. The van der Waals surface area contributed by atoms with E-state index in [9.17, 15) is 4.79 Å². The number of esters is 1. The first-order valence-electron chi connectivity index (χ1n) is 6.43. The highest BCUT2D eigenvalue weighted by Crippen LogP contribution is 2.27. The molecule has 0 fully saturated rings. The van der Waals surface area contributed by atoms with Crippen LogP contribution in [0.15, 0.2) is 18.5 Å². The fraction of sp³-hybridized carbons (Fsp3) is 0.357. The van der Waals surface area contributed by atoms with Crippen molar-refractivity contribution in [3.63, 3.8) is 0 Å². The van der Waals surface area contributed by atoms with Crippen molar-refractivity contribution < 1.29 is 9.53 Å². The molecule has 0 radical (unpaired) electrons. The van der Waals surface area contributed by atoms with Crippen molar-refractivity contribution in [2.24, 2.45) is 12.8 Å². The maximum atomic E-state index is 12.2. The third kappa shape index (κ3) is 2.70. The van der Waals surface area contributed by atoms with Crippen LogP contribution in [0, 0.1) is 6.92 Å². The van der Waals surface area contributed by atoms with E-state index in [1.54, 1.807) is 17.8 Å². The summed E-state index contributed by atoms with van der Waals surface area (Å²) in [5, 5.41) is 4.14. The molecule has 0 bridgehead atoms. The van der Waals surface area contributed by atoms with Gasteiger partial charge in [0.05, 0.1) is 24.1 Å². The number of hydrogen-bond donors (Lipinski definition) is 1. The number of carbonyl (C=O) groups is 1. The number of nitrogens with zero attached hydrogens (tertiary/aromatic N) is 3. The number of aryl methyl sites for hydroxylation is 2. The molecule has 0 unspecified atom stereocenters. The van der Waals surface area contributed by atoms with E-state index in [1.165, 1.54) is 0 Å². The number of nitrogens with two attached hydrogens (primary N) is 1. The average molecular weight is 274 g/mol. The average Bonchev–Trinajstić information content (AvgIpc) is 2.84. The Bertz CT molecular complexity index is 634. The quantitative estimate of drug-likeness (QED) is 0.853. The standard InChI is InChI=1S/C14H18N4O2/c1-4-20-14(19)13-11(10-7-16-18(3)8-10)5-9(2)17-12(13)6-15/h5,7-8H,4,6,15H2,1-3H3. The molecule has 0 amide bonds. The topological polar surface area (TPSA) is 83.0 Å². The lowest BCUT2D eigenvalue weighted by molar-refractivity contribution is 0.0525. The number of pyridine rings is 1. The summed E-state index contributed by atoms with van der Waals surface area (Å²) in [5.41, 5.74) is 9.08. The Balaban J connectivity index is 2.64. The van der Waals surface area contributed by atoms with E-state index in [-0.39, 0.29) is 6.54 Å². The summed E-state index contributed by atoms with van der Waals surface area (Å²) in [6.45, 7) is 4.13. The van der Waals surface area contributed by atoms with Crippen LogP contribution < -0.4 is 5.73 Å².